The summed E-state index contributed by atoms with van der Waals surface area (Å²) in [5.74, 6) is 5.08. The average molecular weight is 287 g/mol. The largest absolute Gasteiger partial charge is 0.470 e. The van der Waals surface area contributed by atoms with E-state index in [-0.39, 0.29) is 36.4 Å². The zero-order chi connectivity index (χ0) is 15.0. The molecule has 0 spiro atoms. The van der Waals surface area contributed by atoms with Crippen molar-refractivity contribution < 1.29 is 19.1 Å². The molecule has 1 aromatic rings. The highest BCUT2D eigenvalue weighted by Crippen LogP contribution is 2.28. The fourth-order valence-corrected chi connectivity index (χ4v) is 1.36. The lowest BCUT2D eigenvalue weighted by Gasteiger charge is -2.09. The number of aromatic nitrogens is 2. The summed E-state index contributed by atoms with van der Waals surface area (Å²) >= 11 is 0. The number of aryl methyl sites for hydroxylation is 1. The summed E-state index contributed by atoms with van der Waals surface area (Å²) in [6, 6.07) is 0. The summed E-state index contributed by atoms with van der Waals surface area (Å²) in [6.45, 7) is 2.73. The van der Waals surface area contributed by atoms with E-state index in [1.807, 2.05) is 0 Å². The van der Waals surface area contributed by atoms with Gasteiger partial charge in [0.15, 0.2) is 0 Å². The van der Waals surface area contributed by atoms with E-state index in [9.17, 15) is 10.1 Å². The SMILES string of the molecule is COCCOCCOc1nc(NN)nc(C)c1[N+](=O)[O-]. The molecule has 0 radical (unpaired) electrons. The van der Waals surface area contributed by atoms with Crippen LogP contribution in [0.15, 0.2) is 0 Å². The Kier molecular flexibility index (Phi) is 6.56. The molecule has 0 amide bonds. The van der Waals surface area contributed by atoms with Crippen LogP contribution >= 0.6 is 0 Å². The van der Waals surface area contributed by atoms with Crippen molar-refractivity contribution in [1.29, 1.82) is 0 Å². The quantitative estimate of drug-likeness (QED) is 0.279. The van der Waals surface area contributed by atoms with Gasteiger partial charge >= 0.3 is 5.69 Å². The second-order valence-electron chi connectivity index (χ2n) is 3.64. The summed E-state index contributed by atoms with van der Waals surface area (Å²) < 4.78 is 15.2. The number of nitrogens with zero attached hydrogens (tertiary/aromatic N) is 3. The van der Waals surface area contributed by atoms with Crippen LogP contribution in [0.1, 0.15) is 5.69 Å². The van der Waals surface area contributed by atoms with Crippen molar-refractivity contribution in [2.24, 2.45) is 5.84 Å². The Hall–Kier alpha value is -2.04. The maximum Gasteiger partial charge on any atom is 0.352 e. The number of nitrogens with two attached hydrogens (primary N) is 1. The van der Waals surface area contributed by atoms with Gasteiger partial charge in [0.1, 0.15) is 12.3 Å². The Morgan fingerprint density at radius 3 is 2.60 bits per heavy atom. The van der Waals surface area contributed by atoms with Crippen LogP contribution in [0.5, 0.6) is 5.88 Å². The summed E-state index contributed by atoms with van der Waals surface area (Å²) in [5.41, 5.74) is 2.09. The molecule has 20 heavy (non-hydrogen) atoms. The first-order valence-electron chi connectivity index (χ1n) is 5.79. The van der Waals surface area contributed by atoms with Crippen LogP contribution in [-0.4, -0.2) is 48.4 Å². The molecule has 0 unspecified atom stereocenters. The van der Waals surface area contributed by atoms with Gasteiger partial charge in [-0.1, -0.05) is 0 Å². The highest BCUT2D eigenvalue weighted by atomic mass is 16.6. The van der Waals surface area contributed by atoms with Crippen LogP contribution in [-0.2, 0) is 9.47 Å². The first-order valence-corrected chi connectivity index (χ1v) is 5.79. The van der Waals surface area contributed by atoms with Gasteiger partial charge in [-0.2, -0.15) is 4.98 Å². The summed E-state index contributed by atoms with van der Waals surface area (Å²) in [7, 11) is 1.56. The standard InChI is InChI=1S/C10H17N5O5/c1-7-8(15(16)17)9(13-10(12-7)14-11)20-6-5-19-4-3-18-2/h3-6,11H2,1-2H3,(H,12,13,14). The van der Waals surface area contributed by atoms with E-state index < -0.39 is 4.92 Å². The number of nitro groups is 1. The van der Waals surface area contributed by atoms with Crippen molar-refractivity contribution in [2.75, 3.05) is 39.0 Å². The maximum atomic E-state index is 11.0. The molecule has 3 N–H and O–H groups in total. The van der Waals surface area contributed by atoms with Gasteiger partial charge in [0, 0.05) is 7.11 Å². The Labute approximate surface area is 115 Å². The average Bonchev–Trinajstić information content (AvgIpc) is 2.41. The Morgan fingerprint density at radius 1 is 1.30 bits per heavy atom. The van der Waals surface area contributed by atoms with E-state index in [2.05, 4.69) is 15.4 Å². The third-order valence-corrected chi connectivity index (χ3v) is 2.24. The predicted octanol–water partition coefficient (Wildman–Crippen LogP) is 0.0206. The minimum atomic E-state index is -0.600. The van der Waals surface area contributed by atoms with Gasteiger partial charge in [0.05, 0.1) is 24.7 Å². The first kappa shape index (κ1) is 16.0. The lowest BCUT2D eigenvalue weighted by molar-refractivity contribution is -0.387. The summed E-state index contributed by atoms with van der Waals surface area (Å²) in [6.07, 6.45) is 0. The smallest absolute Gasteiger partial charge is 0.352 e. The van der Waals surface area contributed by atoms with Crippen molar-refractivity contribution in [3.8, 4) is 5.88 Å². The number of nitrogen functional groups attached to an aromatic ring is 1. The third kappa shape index (κ3) is 4.57. The molecule has 10 heteroatoms. The van der Waals surface area contributed by atoms with Crippen LogP contribution in [0.25, 0.3) is 0 Å². The molecule has 0 aromatic carbocycles. The lowest BCUT2D eigenvalue weighted by Crippen LogP contribution is -2.15. The van der Waals surface area contributed by atoms with Crippen molar-refractivity contribution in [2.45, 2.75) is 6.92 Å². The molecular weight excluding hydrogens is 270 g/mol. The molecular formula is C10H17N5O5. The number of nitrogens with one attached hydrogen (secondary N) is 1. The van der Waals surface area contributed by atoms with Crippen molar-refractivity contribution >= 4 is 11.6 Å². The van der Waals surface area contributed by atoms with Crippen LogP contribution in [0.3, 0.4) is 0 Å². The number of hydrazine groups is 1. The zero-order valence-corrected chi connectivity index (χ0v) is 11.3. The fourth-order valence-electron chi connectivity index (χ4n) is 1.36. The van der Waals surface area contributed by atoms with Gasteiger partial charge in [0.2, 0.25) is 5.95 Å². The highest BCUT2D eigenvalue weighted by molar-refractivity contribution is 5.48. The van der Waals surface area contributed by atoms with E-state index in [0.29, 0.717) is 13.2 Å². The van der Waals surface area contributed by atoms with Crippen molar-refractivity contribution in [1.82, 2.24) is 9.97 Å². The number of hydrogen-bond acceptors (Lipinski definition) is 9. The third-order valence-electron chi connectivity index (χ3n) is 2.24. The number of anilines is 1. The highest BCUT2D eigenvalue weighted by Gasteiger charge is 2.23. The Balaban J connectivity index is 2.67. The summed E-state index contributed by atoms with van der Waals surface area (Å²) in [4.78, 5) is 18.0. The molecule has 112 valence electrons. The molecule has 0 aliphatic rings. The number of rotatable bonds is 9. The van der Waals surface area contributed by atoms with Crippen LogP contribution in [0, 0.1) is 17.0 Å². The van der Waals surface area contributed by atoms with E-state index in [1.54, 1.807) is 7.11 Å². The Morgan fingerprint density at radius 2 is 2.00 bits per heavy atom. The van der Waals surface area contributed by atoms with Gasteiger partial charge in [-0.05, 0) is 6.92 Å². The monoisotopic (exact) mass is 287 g/mol. The van der Waals surface area contributed by atoms with Crippen LogP contribution in [0.4, 0.5) is 11.6 Å². The van der Waals surface area contributed by atoms with Gasteiger partial charge in [-0.3, -0.25) is 15.5 Å². The lowest BCUT2D eigenvalue weighted by atomic mass is 10.3. The van der Waals surface area contributed by atoms with E-state index >= 15 is 0 Å². The maximum absolute atomic E-state index is 11.0. The predicted molar refractivity (Wildman–Crippen MR) is 69.4 cm³/mol. The second kappa shape index (κ2) is 8.19. The molecule has 0 bridgehead atoms. The van der Waals surface area contributed by atoms with Crippen molar-refractivity contribution in [3.05, 3.63) is 15.8 Å². The van der Waals surface area contributed by atoms with Crippen LogP contribution in [0.2, 0.25) is 0 Å². The topological polar surface area (TPSA) is 135 Å². The molecule has 0 saturated carbocycles. The molecule has 0 aliphatic heterocycles. The molecule has 0 aliphatic carbocycles. The minimum absolute atomic E-state index is 0.0448. The number of methoxy groups -OCH3 is 1. The van der Waals surface area contributed by atoms with Gasteiger partial charge < -0.3 is 14.2 Å². The molecule has 1 rings (SSSR count). The van der Waals surface area contributed by atoms with E-state index in [0.717, 1.165) is 0 Å². The first-order chi connectivity index (χ1) is 9.60. The normalized spacial score (nSPS) is 10.3. The van der Waals surface area contributed by atoms with E-state index in [1.165, 1.54) is 6.92 Å². The Bertz CT molecular complexity index is 456. The minimum Gasteiger partial charge on any atom is -0.470 e. The van der Waals surface area contributed by atoms with Gasteiger partial charge in [0.25, 0.3) is 5.88 Å². The molecule has 1 heterocycles. The number of ether oxygens (including phenoxy) is 3. The number of hydrogen-bond donors (Lipinski definition) is 2. The molecule has 0 atom stereocenters. The second-order valence-corrected chi connectivity index (χ2v) is 3.64. The fraction of sp³-hybridized carbons (Fsp3) is 0.600. The molecule has 10 nitrogen and oxygen atoms in total. The van der Waals surface area contributed by atoms with Gasteiger partial charge in [-0.15, -0.1) is 0 Å². The van der Waals surface area contributed by atoms with Crippen molar-refractivity contribution in [3.63, 3.8) is 0 Å². The molecule has 1 aromatic heterocycles. The van der Waals surface area contributed by atoms with E-state index in [4.69, 9.17) is 20.1 Å². The van der Waals surface area contributed by atoms with Crippen LogP contribution < -0.4 is 16.0 Å². The zero-order valence-electron chi connectivity index (χ0n) is 11.3. The summed E-state index contributed by atoms with van der Waals surface area (Å²) in [5, 5.41) is 11.0. The molecule has 0 saturated heterocycles. The van der Waals surface area contributed by atoms with Gasteiger partial charge in [-0.25, -0.2) is 10.8 Å². The molecule has 0 fully saturated rings.